The Morgan fingerprint density at radius 2 is 1.17 bits per heavy atom. The normalized spacial score (nSPS) is 10.2. The molecule has 0 saturated carbocycles. The number of benzene rings is 2. The molecular weight excluding hydrogens is 390 g/mol. The van der Waals surface area contributed by atoms with E-state index < -0.39 is 5.82 Å². The van der Waals surface area contributed by atoms with Crippen LogP contribution in [-0.2, 0) is 0 Å². The van der Waals surface area contributed by atoms with Crippen molar-refractivity contribution in [1.29, 1.82) is 0 Å². The SMILES string of the molecule is Cc1ccc(-c2ccc(F)c(Cl)c2)nc1.Cc1ccc(-c2ccc(F)cc2)nc1. The third-order valence-corrected chi connectivity index (χ3v) is 4.47. The monoisotopic (exact) mass is 408 g/mol. The Kier molecular flexibility index (Phi) is 6.68. The summed E-state index contributed by atoms with van der Waals surface area (Å²) in [6, 6.07) is 18.7. The minimum Gasteiger partial charge on any atom is -0.256 e. The van der Waals surface area contributed by atoms with E-state index in [0.717, 1.165) is 33.6 Å². The van der Waals surface area contributed by atoms with Crippen molar-refractivity contribution in [2.45, 2.75) is 13.8 Å². The summed E-state index contributed by atoms with van der Waals surface area (Å²) in [6.45, 7) is 3.95. The molecule has 2 aromatic carbocycles. The highest BCUT2D eigenvalue weighted by atomic mass is 35.5. The van der Waals surface area contributed by atoms with E-state index in [4.69, 9.17) is 11.6 Å². The molecule has 4 rings (SSSR count). The van der Waals surface area contributed by atoms with Gasteiger partial charge in [-0.1, -0.05) is 23.7 Å². The molecule has 146 valence electrons. The maximum Gasteiger partial charge on any atom is 0.141 e. The zero-order valence-corrected chi connectivity index (χ0v) is 16.8. The largest absolute Gasteiger partial charge is 0.256 e. The Hall–Kier alpha value is -3.11. The van der Waals surface area contributed by atoms with E-state index in [2.05, 4.69) is 9.97 Å². The molecule has 0 fully saturated rings. The molecular formula is C24H19ClF2N2. The average molecular weight is 409 g/mol. The maximum absolute atomic E-state index is 12.9. The lowest BCUT2D eigenvalue weighted by atomic mass is 10.1. The maximum atomic E-state index is 12.9. The minimum absolute atomic E-state index is 0.120. The van der Waals surface area contributed by atoms with E-state index in [1.54, 1.807) is 36.7 Å². The fraction of sp³-hybridized carbons (Fsp3) is 0.0833. The van der Waals surface area contributed by atoms with Crippen LogP contribution >= 0.6 is 11.6 Å². The third-order valence-electron chi connectivity index (χ3n) is 4.18. The Bertz CT molecular complexity index is 1030. The molecule has 0 N–H and O–H groups in total. The highest BCUT2D eigenvalue weighted by molar-refractivity contribution is 6.31. The van der Waals surface area contributed by atoms with E-state index in [9.17, 15) is 8.78 Å². The molecule has 0 aliphatic heterocycles. The molecule has 0 spiro atoms. The van der Waals surface area contributed by atoms with Gasteiger partial charge in [0.2, 0.25) is 0 Å². The summed E-state index contributed by atoms with van der Waals surface area (Å²) >= 11 is 5.69. The van der Waals surface area contributed by atoms with Gasteiger partial charge in [0, 0.05) is 23.5 Å². The van der Waals surface area contributed by atoms with E-state index in [-0.39, 0.29) is 10.8 Å². The van der Waals surface area contributed by atoms with E-state index in [0.29, 0.717) is 0 Å². The van der Waals surface area contributed by atoms with E-state index in [1.807, 2.05) is 38.1 Å². The van der Waals surface area contributed by atoms with Gasteiger partial charge in [-0.25, -0.2) is 8.78 Å². The molecule has 29 heavy (non-hydrogen) atoms. The molecule has 2 nitrogen and oxygen atoms in total. The summed E-state index contributed by atoms with van der Waals surface area (Å²) in [5.41, 5.74) is 5.63. The summed E-state index contributed by atoms with van der Waals surface area (Å²) in [6.07, 6.45) is 3.57. The molecule has 0 radical (unpaired) electrons. The van der Waals surface area contributed by atoms with Crippen molar-refractivity contribution in [3.63, 3.8) is 0 Å². The number of hydrogen-bond acceptors (Lipinski definition) is 2. The van der Waals surface area contributed by atoms with Crippen LogP contribution in [0.4, 0.5) is 8.78 Å². The lowest BCUT2D eigenvalue weighted by Crippen LogP contribution is -1.85. The van der Waals surface area contributed by atoms with Gasteiger partial charge in [-0.2, -0.15) is 0 Å². The Morgan fingerprint density at radius 3 is 1.66 bits per heavy atom. The van der Waals surface area contributed by atoms with Crippen molar-refractivity contribution in [2.75, 3.05) is 0 Å². The zero-order chi connectivity index (χ0) is 20.8. The van der Waals surface area contributed by atoms with Gasteiger partial charge in [0.15, 0.2) is 0 Å². The third kappa shape index (κ3) is 5.69. The second-order valence-corrected chi connectivity index (χ2v) is 6.98. The van der Waals surface area contributed by atoms with Gasteiger partial charge in [-0.05, 0) is 79.6 Å². The number of aryl methyl sites for hydroxylation is 2. The Labute approximate surface area is 173 Å². The zero-order valence-electron chi connectivity index (χ0n) is 16.0. The van der Waals surface area contributed by atoms with Gasteiger partial charge in [0.05, 0.1) is 16.4 Å². The van der Waals surface area contributed by atoms with Gasteiger partial charge < -0.3 is 0 Å². The first-order valence-corrected chi connectivity index (χ1v) is 9.37. The van der Waals surface area contributed by atoms with Crippen LogP contribution in [0.5, 0.6) is 0 Å². The molecule has 0 amide bonds. The Morgan fingerprint density at radius 1 is 0.655 bits per heavy atom. The number of hydrogen-bond donors (Lipinski definition) is 0. The molecule has 0 aliphatic rings. The number of pyridine rings is 2. The second kappa shape index (κ2) is 9.39. The van der Waals surface area contributed by atoms with Crippen molar-refractivity contribution in [2.24, 2.45) is 0 Å². The standard InChI is InChI=1S/C12H9ClFN.C12H10FN/c1-8-2-5-12(15-7-8)9-3-4-11(14)10(13)6-9;1-9-2-7-12(14-8-9)10-3-5-11(13)6-4-10/h2-7H,1H3;2-8H,1H3. The lowest BCUT2D eigenvalue weighted by Gasteiger charge is -2.02. The fourth-order valence-corrected chi connectivity index (χ4v) is 2.73. The van der Waals surface area contributed by atoms with Crippen LogP contribution in [-0.4, -0.2) is 9.97 Å². The molecule has 0 atom stereocenters. The minimum atomic E-state index is -0.410. The predicted molar refractivity (Wildman–Crippen MR) is 114 cm³/mol. The summed E-state index contributed by atoms with van der Waals surface area (Å²) in [4.78, 5) is 8.49. The van der Waals surface area contributed by atoms with Gasteiger partial charge >= 0.3 is 0 Å². The average Bonchev–Trinajstić information content (AvgIpc) is 2.72. The molecule has 0 unspecified atom stereocenters. The van der Waals surface area contributed by atoms with Crippen LogP contribution in [0, 0.1) is 25.5 Å². The van der Waals surface area contributed by atoms with Crippen LogP contribution in [0.15, 0.2) is 79.1 Å². The summed E-state index contributed by atoms with van der Waals surface area (Å²) in [5, 5.41) is 0.120. The second-order valence-electron chi connectivity index (χ2n) is 6.58. The van der Waals surface area contributed by atoms with Crippen molar-refractivity contribution in [1.82, 2.24) is 9.97 Å². The molecule has 5 heteroatoms. The molecule has 2 heterocycles. The predicted octanol–water partition coefficient (Wildman–Crippen LogP) is 7.05. The lowest BCUT2D eigenvalue weighted by molar-refractivity contribution is 0.628. The number of rotatable bonds is 2. The molecule has 4 aromatic rings. The van der Waals surface area contributed by atoms with Crippen LogP contribution in [0.1, 0.15) is 11.1 Å². The number of nitrogens with zero attached hydrogens (tertiary/aromatic N) is 2. The summed E-state index contributed by atoms with van der Waals surface area (Å²) in [7, 11) is 0. The highest BCUT2D eigenvalue weighted by Gasteiger charge is 2.03. The topological polar surface area (TPSA) is 25.8 Å². The number of halogens is 3. The van der Waals surface area contributed by atoms with Gasteiger partial charge in [0.1, 0.15) is 11.6 Å². The first-order chi connectivity index (χ1) is 13.9. The smallest absolute Gasteiger partial charge is 0.141 e. The Balaban J connectivity index is 0.000000166. The summed E-state index contributed by atoms with van der Waals surface area (Å²) in [5.74, 6) is -0.631. The highest BCUT2D eigenvalue weighted by Crippen LogP contribution is 2.23. The first kappa shape index (κ1) is 20.6. The molecule has 2 aromatic heterocycles. The van der Waals surface area contributed by atoms with Crippen molar-refractivity contribution < 1.29 is 8.78 Å². The van der Waals surface area contributed by atoms with Crippen LogP contribution in [0.2, 0.25) is 5.02 Å². The van der Waals surface area contributed by atoms with Crippen molar-refractivity contribution in [3.8, 4) is 22.5 Å². The van der Waals surface area contributed by atoms with Crippen LogP contribution < -0.4 is 0 Å². The molecule has 0 aliphatic carbocycles. The quantitative estimate of drug-likeness (QED) is 0.355. The van der Waals surface area contributed by atoms with Crippen LogP contribution in [0.3, 0.4) is 0 Å². The van der Waals surface area contributed by atoms with Gasteiger partial charge in [-0.3, -0.25) is 9.97 Å². The van der Waals surface area contributed by atoms with Crippen LogP contribution in [0.25, 0.3) is 22.5 Å². The fourth-order valence-electron chi connectivity index (χ4n) is 2.55. The van der Waals surface area contributed by atoms with Gasteiger partial charge in [0.25, 0.3) is 0 Å². The van der Waals surface area contributed by atoms with Crippen molar-refractivity contribution >= 4 is 11.6 Å². The molecule has 0 bridgehead atoms. The molecule has 0 saturated heterocycles. The van der Waals surface area contributed by atoms with E-state index >= 15 is 0 Å². The van der Waals surface area contributed by atoms with E-state index in [1.165, 1.54) is 18.2 Å². The first-order valence-electron chi connectivity index (χ1n) is 8.99. The number of aromatic nitrogens is 2. The van der Waals surface area contributed by atoms with Crippen molar-refractivity contribution in [3.05, 3.63) is 107 Å². The van der Waals surface area contributed by atoms with Gasteiger partial charge in [-0.15, -0.1) is 0 Å². The summed E-state index contributed by atoms with van der Waals surface area (Å²) < 4.78 is 25.6.